The summed E-state index contributed by atoms with van der Waals surface area (Å²) < 4.78 is 11.4. The first kappa shape index (κ1) is 16.8. The van der Waals surface area contributed by atoms with Crippen LogP contribution in [0.3, 0.4) is 0 Å². The normalized spacial score (nSPS) is 13.2. The van der Waals surface area contributed by atoms with Crippen molar-refractivity contribution < 1.29 is 19.1 Å². The van der Waals surface area contributed by atoms with Crippen LogP contribution < -0.4 is 14.4 Å². The summed E-state index contributed by atoms with van der Waals surface area (Å²) in [6.45, 7) is 0.177. The molecule has 5 nitrogen and oxygen atoms in total. The fourth-order valence-electron chi connectivity index (χ4n) is 2.33. The number of benzene rings is 2. The number of amides is 1. The summed E-state index contributed by atoms with van der Waals surface area (Å²) in [5, 5.41) is 0.338. The molecule has 0 spiro atoms. The van der Waals surface area contributed by atoms with E-state index in [0.717, 1.165) is 4.47 Å². The van der Waals surface area contributed by atoms with Crippen LogP contribution in [-0.4, -0.2) is 25.0 Å². The van der Waals surface area contributed by atoms with Gasteiger partial charge in [0.1, 0.15) is 11.5 Å². The van der Waals surface area contributed by atoms with Crippen LogP contribution in [0.25, 0.3) is 0 Å². The Morgan fingerprint density at radius 2 is 2.08 bits per heavy atom. The molecule has 0 bridgehead atoms. The number of rotatable bonds is 4. The SMILES string of the molecule is O=C(CCN1C(=O)COc2ccccc21)Oc1ccc(Br)cc1Cl. The van der Waals surface area contributed by atoms with Gasteiger partial charge >= 0.3 is 5.97 Å². The molecule has 1 heterocycles. The molecule has 0 N–H and O–H groups in total. The maximum absolute atomic E-state index is 12.0. The van der Waals surface area contributed by atoms with Gasteiger partial charge in [0.25, 0.3) is 5.91 Å². The van der Waals surface area contributed by atoms with Gasteiger partial charge in [-0.1, -0.05) is 39.7 Å². The Balaban J connectivity index is 1.65. The van der Waals surface area contributed by atoms with Crippen molar-refractivity contribution in [2.75, 3.05) is 18.1 Å². The van der Waals surface area contributed by atoms with Crippen LogP contribution >= 0.6 is 27.5 Å². The number of anilines is 1. The number of hydrogen-bond donors (Lipinski definition) is 0. The van der Waals surface area contributed by atoms with Gasteiger partial charge in [-0.3, -0.25) is 9.59 Å². The van der Waals surface area contributed by atoms with Gasteiger partial charge in [0, 0.05) is 11.0 Å². The van der Waals surface area contributed by atoms with Crippen LogP contribution in [0.1, 0.15) is 6.42 Å². The number of carbonyl (C=O) groups excluding carboxylic acids is 2. The number of para-hydroxylation sites is 2. The maximum Gasteiger partial charge on any atom is 0.313 e. The van der Waals surface area contributed by atoms with Crippen molar-refractivity contribution in [3.8, 4) is 11.5 Å². The summed E-state index contributed by atoms with van der Waals surface area (Å²) in [4.78, 5) is 25.6. The molecule has 1 amide bonds. The quantitative estimate of drug-likeness (QED) is 0.568. The monoisotopic (exact) mass is 409 g/mol. The molecule has 0 fully saturated rings. The van der Waals surface area contributed by atoms with Crippen LogP contribution in [0, 0.1) is 0 Å². The van der Waals surface area contributed by atoms with Crippen molar-refractivity contribution in [2.45, 2.75) is 6.42 Å². The van der Waals surface area contributed by atoms with E-state index in [9.17, 15) is 9.59 Å². The summed E-state index contributed by atoms with van der Waals surface area (Å²) in [6, 6.07) is 12.2. The minimum absolute atomic E-state index is 0.0371. The van der Waals surface area contributed by atoms with E-state index in [1.54, 1.807) is 30.3 Å². The number of fused-ring (bicyclic) bond motifs is 1. The summed E-state index contributed by atoms with van der Waals surface area (Å²) >= 11 is 9.31. The Hall–Kier alpha value is -2.05. The van der Waals surface area contributed by atoms with Gasteiger partial charge in [-0.25, -0.2) is 0 Å². The van der Waals surface area contributed by atoms with Gasteiger partial charge in [0.05, 0.1) is 17.1 Å². The van der Waals surface area contributed by atoms with Gasteiger partial charge < -0.3 is 14.4 Å². The Labute approximate surface area is 152 Å². The van der Waals surface area contributed by atoms with Crippen LogP contribution in [0.4, 0.5) is 5.69 Å². The smallest absolute Gasteiger partial charge is 0.313 e. The van der Waals surface area contributed by atoms with Crippen LogP contribution in [0.15, 0.2) is 46.9 Å². The molecule has 0 unspecified atom stereocenters. The third-order valence-electron chi connectivity index (χ3n) is 3.47. The zero-order valence-electron chi connectivity index (χ0n) is 12.5. The topological polar surface area (TPSA) is 55.8 Å². The lowest BCUT2D eigenvalue weighted by Crippen LogP contribution is -2.40. The average Bonchev–Trinajstić information content (AvgIpc) is 2.56. The number of halogens is 2. The number of ether oxygens (including phenoxy) is 2. The molecule has 0 saturated heterocycles. The number of hydrogen-bond acceptors (Lipinski definition) is 4. The second kappa shape index (κ2) is 7.23. The van der Waals surface area contributed by atoms with E-state index < -0.39 is 5.97 Å². The zero-order valence-corrected chi connectivity index (χ0v) is 14.8. The van der Waals surface area contributed by atoms with E-state index in [2.05, 4.69) is 15.9 Å². The minimum Gasteiger partial charge on any atom is -0.482 e. The van der Waals surface area contributed by atoms with Crippen molar-refractivity contribution >= 4 is 45.1 Å². The molecule has 0 atom stereocenters. The van der Waals surface area contributed by atoms with E-state index in [1.165, 1.54) is 4.90 Å². The van der Waals surface area contributed by atoms with Gasteiger partial charge in [-0.15, -0.1) is 0 Å². The van der Waals surface area contributed by atoms with Gasteiger partial charge in [0.15, 0.2) is 6.61 Å². The molecule has 2 aromatic rings. The van der Waals surface area contributed by atoms with E-state index in [-0.39, 0.29) is 25.5 Å². The van der Waals surface area contributed by atoms with Crippen LogP contribution in [0.2, 0.25) is 5.02 Å². The first-order valence-electron chi connectivity index (χ1n) is 7.22. The molecule has 0 radical (unpaired) electrons. The van der Waals surface area contributed by atoms with Crippen molar-refractivity contribution in [3.63, 3.8) is 0 Å². The number of esters is 1. The fraction of sp³-hybridized carbons (Fsp3) is 0.176. The molecular formula is C17H13BrClNO4. The highest BCUT2D eigenvalue weighted by molar-refractivity contribution is 9.10. The zero-order chi connectivity index (χ0) is 17.1. The molecule has 124 valence electrons. The van der Waals surface area contributed by atoms with Crippen LogP contribution in [0.5, 0.6) is 11.5 Å². The van der Waals surface area contributed by atoms with E-state index in [0.29, 0.717) is 22.2 Å². The molecular weight excluding hydrogens is 398 g/mol. The predicted octanol–water partition coefficient (Wildman–Crippen LogP) is 3.82. The van der Waals surface area contributed by atoms with Crippen molar-refractivity contribution in [3.05, 3.63) is 52.0 Å². The van der Waals surface area contributed by atoms with E-state index in [4.69, 9.17) is 21.1 Å². The molecule has 1 aliphatic rings. The van der Waals surface area contributed by atoms with Crippen molar-refractivity contribution in [2.24, 2.45) is 0 Å². The highest BCUT2D eigenvalue weighted by atomic mass is 79.9. The largest absolute Gasteiger partial charge is 0.482 e. The second-order valence-electron chi connectivity index (χ2n) is 5.10. The predicted molar refractivity (Wildman–Crippen MR) is 93.7 cm³/mol. The van der Waals surface area contributed by atoms with E-state index >= 15 is 0 Å². The lowest BCUT2D eigenvalue weighted by atomic mass is 10.2. The average molecular weight is 411 g/mol. The van der Waals surface area contributed by atoms with Crippen molar-refractivity contribution in [1.82, 2.24) is 0 Å². The second-order valence-corrected chi connectivity index (χ2v) is 6.42. The Morgan fingerprint density at radius 1 is 1.29 bits per heavy atom. The highest BCUT2D eigenvalue weighted by Crippen LogP contribution is 2.32. The molecule has 0 aromatic heterocycles. The summed E-state index contributed by atoms with van der Waals surface area (Å²) in [5.74, 6) is 0.263. The molecule has 7 heteroatoms. The third kappa shape index (κ3) is 3.71. The maximum atomic E-state index is 12.0. The molecule has 2 aromatic carbocycles. The Bertz CT molecular complexity index is 796. The van der Waals surface area contributed by atoms with E-state index in [1.807, 2.05) is 12.1 Å². The van der Waals surface area contributed by atoms with Gasteiger partial charge in [0.2, 0.25) is 0 Å². The first-order chi connectivity index (χ1) is 11.5. The number of carbonyl (C=O) groups is 2. The molecule has 3 rings (SSSR count). The minimum atomic E-state index is -0.462. The number of nitrogens with zero attached hydrogens (tertiary/aromatic N) is 1. The fourth-order valence-corrected chi connectivity index (χ4v) is 3.05. The summed E-state index contributed by atoms with van der Waals surface area (Å²) in [7, 11) is 0. The van der Waals surface area contributed by atoms with Crippen molar-refractivity contribution in [1.29, 1.82) is 0 Å². The van der Waals surface area contributed by atoms with Crippen LogP contribution in [-0.2, 0) is 9.59 Å². The standard InChI is InChI=1S/C17H13BrClNO4/c18-11-5-6-14(12(19)9-11)24-17(22)7-8-20-13-3-1-2-4-15(13)23-10-16(20)21/h1-6,9H,7-8,10H2. The Kier molecular flexibility index (Phi) is 5.06. The Morgan fingerprint density at radius 3 is 2.88 bits per heavy atom. The third-order valence-corrected chi connectivity index (χ3v) is 4.25. The van der Waals surface area contributed by atoms with Gasteiger partial charge in [-0.2, -0.15) is 0 Å². The summed E-state index contributed by atoms with van der Waals surface area (Å²) in [5.41, 5.74) is 0.656. The molecule has 0 saturated carbocycles. The molecule has 24 heavy (non-hydrogen) atoms. The summed E-state index contributed by atoms with van der Waals surface area (Å²) in [6.07, 6.45) is 0.0481. The molecule has 1 aliphatic heterocycles. The lowest BCUT2D eigenvalue weighted by molar-refractivity contribution is -0.134. The highest BCUT2D eigenvalue weighted by Gasteiger charge is 2.25. The van der Waals surface area contributed by atoms with Gasteiger partial charge in [-0.05, 0) is 30.3 Å². The molecule has 0 aliphatic carbocycles. The first-order valence-corrected chi connectivity index (χ1v) is 8.39. The lowest BCUT2D eigenvalue weighted by Gasteiger charge is -2.28.